The smallest absolute Gasteiger partial charge is 0.335 e. The molecule has 2 rings (SSSR count). The van der Waals surface area contributed by atoms with Crippen molar-refractivity contribution in [2.24, 2.45) is 0 Å². The molecule has 0 saturated carbocycles. The van der Waals surface area contributed by atoms with Crippen LogP contribution in [0.2, 0.25) is 0 Å². The van der Waals surface area contributed by atoms with Crippen molar-refractivity contribution in [3.63, 3.8) is 0 Å². The van der Waals surface area contributed by atoms with Gasteiger partial charge in [-0.15, -0.1) is 0 Å². The number of carboxylic acid groups (broad SMARTS) is 1. The third-order valence-electron chi connectivity index (χ3n) is 3.03. The van der Waals surface area contributed by atoms with E-state index < -0.39 is 12.0 Å². The largest absolute Gasteiger partial charge is 0.495 e. The van der Waals surface area contributed by atoms with Crippen LogP contribution in [0, 0.1) is 0 Å². The molecule has 4 N–H and O–H groups in total. The minimum absolute atomic E-state index is 0.0380. The maximum absolute atomic E-state index is 12.1. The van der Waals surface area contributed by atoms with Crippen LogP contribution in [0.4, 0.5) is 5.69 Å². The van der Waals surface area contributed by atoms with E-state index in [9.17, 15) is 14.4 Å². The van der Waals surface area contributed by atoms with Gasteiger partial charge in [-0.3, -0.25) is 14.9 Å². The average molecular weight is 293 g/mol. The standard InChI is InChI=1S/C13H15N3O5/c1-21-10-3-2-7(13(19)20)4-8(10)16-12(18)9-5-15-11(17)6-14-9/h2-4,9,14H,5-6H2,1H3,(H,15,17)(H,16,18)(H,19,20). The summed E-state index contributed by atoms with van der Waals surface area (Å²) in [5.74, 6) is -1.30. The number of carboxylic acids is 1. The molecule has 1 unspecified atom stereocenters. The van der Waals surface area contributed by atoms with Gasteiger partial charge >= 0.3 is 5.97 Å². The number of anilines is 1. The molecular weight excluding hydrogens is 278 g/mol. The summed E-state index contributed by atoms with van der Waals surface area (Å²) in [6.45, 7) is 0.232. The second-order valence-electron chi connectivity index (χ2n) is 4.45. The van der Waals surface area contributed by atoms with Crippen molar-refractivity contribution in [1.82, 2.24) is 10.6 Å². The molecule has 0 spiro atoms. The first-order valence-corrected chi connectivity index (χ1v) is 6.23. The van der Waals surface area contributed by atoms with Gasteiger partial charge in [0, 0.05) is 6.54 Å². The molecule has 1 fully saturated rings. The molecule has 1 aliphatic heterocycles. The van der Waals surface area contributed by atoms with Gasteiger partial charge in [0.05, 0.1) is 24.9 Å². The quantitative estimate of drug-likeness (QED) is 0.590. The van der Waals surface area contributed by atoms with E-state index in [4.69, 9.17) is 9.84 Å². The third-order valence-corrected chi connectivity index (χ3v) is 3.03. The summed E-state index contributed by atoms with van der Waals surface area (Å²) >= 11 is 0. The van der Waals surface area contributed by atoms with Crippen LogP contribution in [0.3, 0.4) is 0 Å². The fourth-order valence-electron chi connectivity index (χ4n) is 1.91. The first-order chi connectivity index (χ1) is 10.0. The molecule has 1 atom stereocenters. The van der Waals surface area contributed by atoms with Crippen molar-refractivity contribution in [2.75, 3.05) is 25.5 Å². The van der Waals surface area contributed by atoms with Gasteiger partial charge in [-0.25, -0.2) is 4.79 Å². The second-order valence-corrected chi connectivity index (χ2v) is 4.45. The molecular formula is C13H15N3O5. The Bertz CT molecular complexity index is 577. The van der Waals surface area contributed by atoms with E-state index in [-0.39, 0.29) is 36.2 Å². The highest BCUT2D eigenvalue weighted by Gasteiger charge is 2.24. The summed E-state index contributed by atoms with van der Waals surface area (Å²) in [5.41, 5.74) is 0.303. The molecule has 0 aromatic heterocycles. The Morgan fingerprint density at radius 1 is 1.43 bits per heavy atom. The number of aromatic carboxylic acids is 1. The van der Waals surface area contributed by atoms with Crippen LogP contribution in [-0.4, -0.2) is 49.1 Å². The lowest BCUT2D eigenvalue weighted by molar-refractivity contribution is -0.124. The van der Waals surface area contributed by atoms with Crippen molar-refractivity contribution >= 4 is 23.5 Å². The normalized spacial score (nSPS) is 17.8. The van der Waals surface area contributed by atoms with E-state index in [0.29, 0.717) is 5.75 Å². The molecule has 0 bridgehead atoms. The SMILES string of the molecule is COc1ccc(C(=O)O)cc1NC(=O)C1CNC(=O)CN1. The maximum atomic E-state index is 12.1. The molecule has 112 valence electrons. The zero-order valence-electron chi connectivity index (χ0n) is 11.3. The Balaban J connectivity index is 2.13. The fourth-order valence-corrected chi connectivity index (χ4v) is 1.91. The highest BCUT2D eigenvalue weighted by molar-refractivity contribution is 5.99. The van der Waals surface area contributed by atoms with Crippen molar-refractivity contribution in [2.45, 2.75) is 6.04 Å². The predicted octanol–water partition coefficient (Wildman–Crippen LogP) is -0.580. The van der Waals surface area contributed by atoms with E-state index in [1.807, 2.05) is 0 Å². The Morgan fingerprint density at radius 3 is 2.76 bits per heavy atom. The number of methoxy groups -OCH3 is 1. The number of benzene rings is 1. The van der Waals surface area contributed by atoms with Crippen LogP contribution in [0.5, 0.6) is 5.75 Å². The molecule has 1 heterocycles. The number of carbonyl (C=O) groups excluding carboxylic acids is 2. The van der Waals surface area contributed by atoms with Crippen molar-refractivity contribution in [1.29, 1.82) is 0 Å². The van der Waals surface area contributed by atoms with Crippen molar-refractivity contribution in [3.05, 3.63) is 23.8 Å². The lowest BCUT2D eigenvalue weighted by atomic mass is 10.1. The second kappa shape index (κ2) is 6.23. The van der Waals surface area contributed by atoms with E-state index >= 15 is 0 Å². The molecule has 0 radical (unpaired) electrons. The van der Waals surface area contributed by atoms with Gasteiger partial charge in [0.2, 0.25) is 11.8 Å². The maximum Gasteiger partial charge on any atom is 0.335 e. The first-order valence-electron chi connectivity index (χ1n) is 6.23. The number of carbonyl (C=O) groups is 3. The summed E-state index contributed by atoms with van der Waals surface area (Å²) in [5, 5.41) is 16.9. The summed E-state index contributed by atoms with van der Waals surface area (Å²) in [7, 11) is 1.42. The summed E-state index contributed by atoms with van der Waals surface area (Å²) < 4.78 is 5.09. The van der Waals surface area contributed by atoms with E-state index in [0.717, 1.165) is 0 Å². The number of nitrogens with one attached hydrogen (secondary N) is 3. The van der Waals surface area contributed by atoms with Crippen molar-refractivity contribution < 1.29 is 24.2 Å². The molecule has 8 heteroatoms. The lowest BCUT2D eigenvalue weighted by Gasteiger charge is -2.23. The summed E-state index contributed by atoms with van der Waals surface area (Å²) in [6.07, 6.45) is 0. The predicted molar refractivity (Wildman–Crippen MR) is 73.4 cm³/mol. The topological polar surface area (TPSA) is 117 Å². The van der Waals surface area contributed by atoms with Crippen LogP contribution in [0.15, 0.2) is 18.2 Å². The van der Waals surface area contributed by atoms with Crippen LogP contribution in [0.1, 0.15) is 10.4 Å². The van der Waals surface area contributed by atoms with Crippen LogP contribution >= 0.6 is 0 Å². The zero-order valence-corrected chi connectivity index (χ0v) is 11.3. The molecule has 1 aromatic carbocycles. The van der Waals surface area contributed by atoms with Gasteiger partial charge in [-0.1, -0.05) is 0 Å². The number of hydrogen-bond donors (Lipinski definition) is 4. The van der Waals surface area contributed by atoms with E-state index in [1.165, 1.54) is 25.3 Å². The molecule has 1 saturated heterocycles. The Morgan fingerprint density at radius 2 is 2.19 bits per heavy atom. The minimum Gasteiger partial charge on any atom is -0.495 e. The lowest BCUT2D eigenvalue weighted by Crippen LogP contribution is -2.56. The van der Waals surface area contributed by atoms with Gasteiger partial charge in [0.1, 0.15) is 11.8 Å². The fraction of sp³-hybridized carbons (Fsp3) is 0.308. The number of rotatable bonds is 4. The molecule has 1 aromatic rings. The Kier molecular flexibility index (Phi) is 4.39. The van der Waals surface area contributed by atoms with Gasteiger partial charge in [0.25, 0.3) is 0 Å². The molecule has 0 aliphatic carbocycles. The third kappa shape index (κ3) is 3.48. The minimum atomic E-state index is -1.10. The van der Waals surface area contributed by atoms with Crippen molar-refractivity contribution in [3.8, 4) is 5.75 Å². The van der Waals surface area contributed by atoms with Crippen LogP contribution < -0.4 is 20.7 Å². The van der Waals surface area contributed by atoms with E-state index in [1.54, 1.807) is 0 Å². The number of amides is 2. The summed E-state index contributed by atoms with van der Waals surface area (Å²) in [6, 6.07) is 3.59. The Hall–Kier alpha value is -2.61. The highest BCUT2D eigenvalue weighted by atomic mass is 16.5. The number of ether oxygens (including phenoxy) is 1. The highest BCUT2D eigenvalue weighted by Crippen LogP contribution is 2.25. The van der Waals surface area contributed by atoms with Gasteiger partial charge in [0.15, 0.2) is 0 Å². The summed E-state index contributed by atoms with van der Waals surface area (Å²) in [4.78, 5) is 34.1. The van der Waals surface area contributed by atoms with E-state index in [2.05, 4.69) is 16.0 Å². The van der Waals surface area contributed by atoms with Crippen LogP contribution in [-0.2, 0) is 9.59 Å². The Labute approximate surface area is 120 Å². The molecule has 8 nitrogen and oxygen atoms in total. The van der Waals surface area contributed by atoms with Gasteiger partial charge < -0.3 is 20.5 Å². The number of piperazine rings is 1. The zero-order chi connectivity index (χ0) is 15.4. The monoisotopic (exact) mass is 293 g/mol. The van der Waals surface area contributed by atoms with Crippen LogP contribution in [0.25, 0.3) is 0 Å². The first kappa shape index (κ1) is 14.8. The van der Waals surface area contributed by atoms with Gasteiger partial charge in [-0.05, 0) is 18.2 Å². The molecule has 2 amide bonds. The van der Waals surface area contributed by atoms with Gasteiger partial charge in [-0.2, -0.15) is 0 Å². The average Bonchev–Trinajstić information content (AvgIpc) is 2.47. The number of hydrogen-bond acceptors (Lipinski definition) is 5. The molecule has 1 aliphatic rings. The molecule has 21 heavy (non-hydrogen) atoms.